The number of amides is 1. The maximum Gasteiger partial charge on any atom is 0.225 e. The highest BCUT2D eigenvalue weighted by molar-refractivity contribution is 5.81. The molecule has 0 spiro atoms. The molecule has 0 fully saturated rings. The summed E-state index contributed by atoms with van der Waals surface area (Å²) in [5.74, 6) is 1.89. The molecule has 28 heavy (non-hydrogen) atoms. The number of nitrogens with zero attached hydrogens (tertiary/aromatic N) is 2. The lowest BCUT2D eigenvalue weighted by Crippen LogP contribution is -2.36. The number of hydrogen-bond acceptors (Lipinski definition) is 3. The van der Waals surface area contributed by atoms with Crippen molar-refractivity contribution in [3.63, 3.8) is 0 Å². The second kappa shape index (κ2) is 8.46. The highest BCUT2D eigenvalue weighted by Crippen LogP contribution is 2.18. The first-order valence-electron chi connectivity index (χ1n) is 9.76. The molecule has 0 aliphatic rings. The SMILES string of the molecule is Cc1cccc(OCCn2c(CCNC(=O)C(C)(C)C)nc3ccccc32)c1. The number of para-hydroxylation sites is 2. The van der Waals surface area contributed by atoms with Crippen LogP contribution in [0, 0.1) is 12.3 Å². The van der Waals surface area contributed by atoms with Gasteiger partial charge in [-0.15, -0.1) is 0 Å². The summed E-state index contributed by atoms with van der Waals surface area (Å²) in [6.45, 7) is 9.64. The van der Waals surface area contributed by atoms with Crippen molar-refractivity contribution in [2.75, 3.05) is 13.2 Å². The van der Waals surface area contributed by atoms with Crippen molar-refractivity contribution in [1.29, 1.82) is 0 Å². The number of fused-ring (bicyclic) bond motifs is 1. The van der Waals surface area contributed by atoms with Crippen molar-refractivity contribution < 1.29 is 9.53 Å². The maximum absolute atomic E-state index is 12.1. The molecule has 2 aromatic carbocycles. The minimum Gasteiger partial charge on any atom is -0.492 e. The van der Waals surface area contributed by atoms with Crippen LogP contribution in [0.15, 0.2) is 48.5 Å². The van der Waals surface area contributed by atoms with Crippen molar-refractivity contribution in [3.05, 3.63) is 59.9 Å². The molecule has 5 heteroatoms. The van der Waals surface area contributed by atoms with Gasteiger partial charge in [0.15, 0.2) is 0 Å². The number of carbonyl (C=O) groups excluding carboxylic acids is 1. The molecule has 0 aliphatic heterocycles. The van der Waals surface area contributed by atoms with Crippen molar-refractivity contribution in [3.8, 4) is 5.75 Å². The van der Waals surface area contributed by atoms with Crippen LogP contribution in [0.3, 0.4) is 0 Å². The fourth-order valence-corrected chi connectivity index (χ4v) is 3.08. The van der Waals surface area contributed by atoms with Gasteiger partial charge < -0.3 is 14.6 Å². The van der Waals surface area contributed by atoms with E-state index in [0.29, 0.717) is 26.1 Å². The summed E-state index contributed by atoms with van der Waals surface area (Å²) in [6.07, 6.45) is 0.681. The van der Waals surface area contributed by atoms with Crippen molar-refractivity contribution in [2.24, 2.45) is 5.41 Å². The Morgan fingerprint density at radius 3 is 2.68 bits per heavy atom. The monoisotopic (exact) mass is 379 g/mol. The molecule has 0 aliphatic carbocycles. The minimum absolute atomic E-state index is 0.0536. The Balaban J connectivity index is 1.69. The molecule has 3 aromatic rings. The first kappa shape index (κ1) is 19.9. The predicted molar refractivity (Wildman–Crippen MR) is 113 cm³/mol. The highest BCUT2D eigenvalue weighted by Gasteiger charge is 2.20. The van der Waals surface area contributed by atoms with Crippen molar-refractivity contribution >= 4 is 16.9 Å². The number of nitrogens with one attached hydrogen (secondary N) is 1. The standard InChI is InChI=1S/C23H29N3O2/c1-17-8-7-9-18(16-17)28-15-14-26-20-11-6-5-10-19(20)25-21(26)12-13-24-22(27)23(2,3)4/h5-11,16H,12-15H2,1-4H3,(H,24,27). The zero-order chi connectivity index (χ0) is 20.1. The number of aromatic nitrogens is 2. The van der Waals surface area contributed by atoms with Gasteiger partial charge in [0.25, 0.3) is 0 Å². The van der Waals surface area contributed by atoms with E-state index >= 15 is 0 Å². The highest BCUT2D eigenvalue weighted by atomic mass is 16.5. The fraction of sp³-hybridized carbons (Fsp3) is 0.391. The molecule has 0 saturated heterocycles. The average molecular weight is 380 g/mol. The number of aryl methyl sites for hydroxylation is 1. The quantitative estimate of drug-likeness (QED) is 0.672. The van der Waals surface area contributed by atoms with E-state index in [1.807, 2.05) is 57.2 Å². The molecule has 1 aromatic heterocycles. The lowest BCUT2D eigenvalue weighted by Gasteiger charge is -2.17. The summed E-state index contributed by atoms with van der Waals surface area (Å²) in [7, 11) is 0. The first-order chi connectivity index (χ1) is 13.3. The zero-order valence-corrected chi connectivity index (χ0v) is 17.2. The van der Waals surface area contributed by atoms with Gasteiger partial charge in [0, 0.05) is 18.4 Å². The number of ether oxygens (including phenoxy) is 1. The molecule has 0 unspecified atom stereocenters. The Morgan fingerprint density at radius 1 is 1.14 bits per heavy atom. The van der Waals surface area contributed by atoms with E-state index in [1.54, 1.807) is 0 Å². The van der Waals surface area contributed by atoms with E-state index < -0.39 is 0 Å². The second-order valence-electron chi connectivity index (χ2n) is 8.09. The Kier molecular flexibility index (Phi) is 6.02. The predicted octanol–water partition coefficient (Wildman–Crippen LogP) is 4.13. The molecule has 0 radical (unpaired) electrons. The molecule has 1 N–H and O–H groups in total. The third kappa shape index (κ3) is 4.91. The molecule has 0 bridgehead atoms. The summed E-state index contributed by atoms with van der Waals surface area (Å²) in [5, 5.41) is 3.01. The van der Waals surface area contributed by atoms with Gasteiger partial charge in [-0.3, -0.25) is 4.79 Å². The van der Waals surface area contributed by atoms with Crippen LogP contribution in [0.1, 0.15) is 32.2 Å². The first-order valence-corrected chi connectivity index (χ1v) is 9.76. The normalized spacial score (nSPS) is 11.6. The topological polar surface area (TPSA) is 56.1 Å². The van der Waals surface area contributed by atoms with Gasteiger partial charge in [-0.25, -0.2) is 4.98 Å². The number of carbonyl (C=O) groups is 1. The number of imidazole rings is 1. The van der Waals surface area contributed by atoms with Crippen LogP contribution in [0.4, 0.5) is 0 Å². The zero-order valence-electron chi connectivity index (χ0n) is 17.2. The van der Waals surface area contributed by atoms with Crippen molar-refractivity contribution in [2.45, 2.75) is 40.7 Å². The van der Waals surface area contributed by atoms with Gasteiger partial charge in [-0.2, -0.15) is 0 Å². The van der Waals surface area contributed by atoms with Crippen LogP contribution in [0.2, 0.25) is 0 Å². The van der Waals surface area contributed by atoms with Crippen LogP contribution in [-0.2, 0) is 17.8 Å². The molecular formula is C23H29N3O2. The van der Waals surface area contributed by atoms with Gasteiger partial charge in [0.05, 0.1) is 17.6 Å². The fourth-order valence-electron chi connectivity index (χ4n) is 3.08. The Hall–Kier alpha value is -2.82. The largest absolute Gasteiger partial charge is 0.492 e. The van der Waals surface area contributed by atoms with Gasteiger partial charge in [0.1, 0.15) is 18.2 Å². The average Bonchev–Trinajstić information content (AvgIpc) is 2.99. The Labute approximate surface area is 166 Å². The molecular weight excluding hydrogens is 350 g/mol. The lowest BCUT2D eigenvalue weighted by atomic mass is 9.96. The third-order valence-electron chi connectivity index (χ3n) is 4.62. The summed E-state index contributed by atoms with van der Waals surface area (Å²) in [6, 6.07) is 16.2. The molecule has 148 valence electrons. The van der Waals surface area contributed by atoms with Crippen LogP contribution in [-0.4, -0.2) is 28.6 Å². The van der Waals surface area contributed by atoms with Gasteiger partial charge in [-0.1, -0.05) is 45.0 Å². The number of hydrogen-bond donors (Lipinski definition) is 1. The molecule has 3 rings (SSSR count). The maximum atomic E-state index is 12.1. The third-order valence-corrected chi connectivity index (χ3v) is 4.62. The summed E-state index contributed by atoms with van der Waals surface area (Å²) < 4.78 is 8.12. The molecule has 0 saturated carbocycles. The summed E-state index contributed by atoms with van der Waals surface area (Å²) in [5.41, 5.74) is 2.85. The van der Waals surface area contributed by atoms with E-state index in [1.165, 1.54) is 5.56 Å². The van der Waals surface area contributed by atoms with Crippen LogP contribution < -0.4 is 10.1 Å². The molecule has 5 nitrogen and oxygen atoms in total. The van der Waals surface area contributed by atoms with E-state index in [9.17, 15) is 4.79 Å². The van der Waals surface area contributed by atoms with Crippen LogP contribution in [0.25, 0.3) is 11.0 Å². The Bertz CT molecular complexity index is 954. The van der Waals surface area contributed by atoms with Crippen molar-refractivity contribution in [1.82, 2.24) is 14.9 Å². The molecule has 0 atom stereocenters. The van der Waals surface area contributed by atoms with E-state index in [2.05, 4.69) is 28.9 Å². The van der Waals surface area contributed by atoms with Gasteiger partial charge in [0.2, 0.25) is 5.91 Å². The lowest BCUT2D eigenvalue weighted by molar-refractivity contribution is -0.128. The summed E-state index contributed by atoms with van der Waals surface area (Å²) in [4.78, 5) is 16.9. The minimum atomic E-state index is -0.387. The molecule has 1 heterocycles. The summed E-state index contributed by atoms with van der Waals surface area (Å²) >= 11 is 0. The number of rotatable bonds is 7. The van der Waals surface area contributed by atoms with E-state index in [-0.39, 0.29) is 11.3 Å². The van der Waals surface area contributed by atoms with Gasteiger partial charge in [-0.05, 0) is 36.8 Å². The smallest absolute Gasteiger partial charge is 0.225 e. The second-order valence-corrected chi connectivity index (χ2v) is 8.09. The van der Waals surface area contributed by atoms with E-state index in [4.69, 9.17) is 9.72 Å². The van der Waals surface area contributed by atoms with Crippen LogP contribution >= 0.6 is 0 Å². The van der Waals surface area contributed by atoms with Gasteiger partial charge >= 0.3 is 0 Å². The number of benzene rings is 2. The van der Waals surface area contributed by atoms with E-state index in [0.717, 1.165) is 22.6 Å². The Morgan fingerprint density at radius 2 is 1.93 bits per heavy atom. The molecule has 1 amide bonds. The van der Waals surface area contributed by atoms with Crippen LogP contribution in [0.5, 0.6) is 5.75 Å².